The minimum atomic E-state index is -1.53. The van der Waals surface area contributed by atoms with E-state index in [4.69, 9.17) is 25.1 Å². The molecule has 0 unspecified atom stereocenters. The maximum atomic E-state index is 14.4. The summed E-state index contributed by atoms with van der Waals surface area (Å²) in [6, 6.07) is 28.3. The third-order valence-electron chi connectivity index (χ3n) is 7.52. The van der Waals surface area contributed by atoms with Crippen molar-refractivity contribution in [3.8, 4) is 5.75 Å². The van der Waals surface area contributed by atoms with E-state index in [-0.39, 0.29) is 32.0 Å². The standard InChI is InChI=1S/C34H32BrFN6O4/c35-28-14-10-23(11-15-28)31-34(20-25-6-1-2-7-26(25)21-39-42-37,33(44)41-38-22-27-8-3-4-9-30(27)36)40-32(46-31)24-12-16-29(17-13-24)45-19-5-18-43/h1-4,6-17,31,38,43H,5,18-22H2,(H,41,44)/t31-,34-/m0/s1. The molecule has 5 rings (SSSR count). The number of nitrogens with one attached hydrogen (secondary N) is 2. The topological polar surface area (TPSA) is 141 Å². The summed E-state index contributed by atoms with van der Waals surface area (Å²) >= 11 is 3.48. The van der Waals surface area contributed by atoms with Gasteiger partial charge in [-0.3, -0.25) is 10.2 Å². The lowest BCUT2D eigenvalue weighted by atomic mass is 9.81. The molecule has 0 bridgehead atoms. The van der Waals surface area contributed by atoms with E-state index in [9.17, 15) is 9.18 Å². The summed E-state index contributed by atoms with van der Waals surface area (Å²) in [6.07, 6.45) is -0.251. The van der Waals surface area contributed by atoms with Crippen LogP contribution in [0.15, 0.2) is 112 Å². The quantitative estimate of drug-likeness (QED) is 0.0458. The van der Waals surface area contributed by atoms with E-state index in [1.54, 1.807) is 42.5 Å². The lowest BCUT2D eigenvalue weighted by Gasteiger charge is -2.31. The Hall–Kier alpha value is -4.74. The summed E-state index contributed by atoms with van der Waals surface area (Å²) in [4.78, 5) is 22.3. The molecule has 1 aliphatic rings. The van der Waals surface area contributed by atoms with Gasteiger partial charge in [-0.1, -0.05) is 75.6 Å². The molecule has 1 heterocycles. The molecule has 0 saturated heterocycles. The number of halogens is 2. The third kappa shape index (κ3) is 7.72. The first-order valence-electron chi connectivity index (χ1n) is 14.6. The Labute approximate surface area is 274 Å². The SMILES string of the molecule is [N-]=[N+]=NCc1ccccc1C[C@]1(C(=O)NNCc2ccccc2F)N=C(c2ccc(OCCCO)cc2)O[C@H]1c1ccc(Br)cc1. The number of nitrogens with zero attached hydrogens (tertiary/aromatic N) is 4. The Bertz CT molecular complexity index is 1730. The molecule has 0 spiro atoms. The van der Waals surface area contributed by atoms with Gasteiger partial charge in [-0.15, -0.1) is 0 Å². The van der Waals surface area contributed by atoms with Crippen LogP contribution in [0.3, 0.4) is 0 Å². The Morgan fingerprint density at radius 3 is 2.41 bits per heavy atom. The van der Waals surface area contributed by atoms with Crippen molar-refractivity contribution >= 4 is 27.7 Å². The van der Waals surface area contributed by atoms with Crippen molar-refractivity contribution in [2.24, 2.45) is 10.1 Å². The van der Waals surface area contributed by atoms with Crippen LogP contribution in [0, 0.1) is 5.82 Å². The van der Waals surface area contributed by atoms with Gasteiger partial charge in [0, 0.05) is 46.5 Å². The Morgan fingerprint density at radius 1 is 1.02 bits per heavy atom. The number of aliphatic hydroxyl groups excluding tert-OH is 1. The van der Waals surface area contributed by atoms with E-state index in [0.717, 1.165) is 15.6 Å². The Kier molecular flexibility index (Phi) is 11.0. The molecule has 4 aromatic rings. The molecule has 0 aliphatic carbocycles. The average Bonchev–Trinajstić information content (AvgIpc) is 3.46. The summed E-state index contributed by atoms with van der Waals surface area (Å²) in [5.74, 6) is -0.0125. The van der Waals surface area contributed by atoms with Crippen molar-refractivity contribution < 1.29 is 23.8 Å². The van der Waals surface area contributed by atoms with Crippen molar-refractivity contribution in [2.75, 3.05) is 13.2 Å². The highest BCUT2D eigenvalue weighted by atomic mass is 79.9. The van der Waals surface area contributed by atoms with E-state index in [2.05, 4.69) is 36.8 Å². The number of carbonyl (C=O) groups is 1. The second-order valence-electron chi connectivity index (χ2n) is 10.6. The van der Waals surface area contributed by atoms with Gasteiger partial charge in [0.2, 0.25) is 5.90 Å². The molecule has 2 atom stereocenters. The second-order valence-corrected chi connectivity index (χ2v) is 11.5. The fourth-order valence-corrected chi connectivity index (χ4v) is 5.44. The number of hydrazine groups is 1. The van der Waals surface area contributed by atoms with Gasteiger partial charge in [0.25, 0.3) is 5.91 Å². The average molecular weight is 688 g/mol. The van der Waals surface area contributed by atoms with Crippen LogP contribution in [-0.2, 0) is 29.0 Å². The van der Waals surface area contributed by atoms with E-state index in [1.807, 2.05) is 48.5 Å². The molecule has 10 nitrogen and oxygen atoms in total. The highest BCUT2D eigenvalue weighted by Gasteiger charge is 2.53. The van der Waals surface area contributed by atoms with Gasteiger partial charge in [0.1, 0.15) is 11.6 Å². The molecule has 12 heteroatoms. The van der Waals surface area contributed by atoms with Crippen LogP contribution in [0.2, 0.25) is 0 Å². The van der Waals surface area contributed by atoms with Gasteiger partial charge in [0.05, 0.1) is 13.2 Å². The first-order chi connectivity index (χ1) is 22.4. The summed E-state index contributed by atoms with van der Waals surface area (Å²) in [7, 11) is 0. The van der Waals surface area contributed by atoms with Crippen LogP contribution in [0.1, 0.15) is 40.3 Å². The fourth-order valence-electron chi connectivity index (χ4n) is 5.17. The van der Waals surface area contributed by atoms with Crippen LogP contribution in [0.4, 0.5) is 4.39 Å². The zero-order valence-corrected chi connectivity index (χ0v) is 26.4. The molecule has 0 radical (unpaired) electrons. The maximum absolute atomic E-state index is 14.4. The van der Waals surface area contributed by atoms with Crippen molar-refractivity contribution in [3.63, 3.8) is 0 Å². The Balaban J connectivity index is 1.56. The number of rotatable bonds is 14. The summed E-state index contributed by atoms with van der Waals surface area (Å²) in [6.45, 7) is 0.539. The lowest BCUT2D eigenvalue weighted by molar-refractivity contribution is -0.130. The van der Waals surface area contributed by atoms with Crippen LogP contribution < -0.4 is 15.6 Å². The number of hydrogen-bond donors (Lipinski definition) is 3. The molecule has 0 fully saturated rings. The number of carbonyl (C=O) groups excluding carboxylic acids is 1. The number of aliphatic imine (C=N–C) groups is 1. The number of benzene rings is 4. The fraction of sp³-hybridized carbons (Fsp3) is 0.235. The van der Waals surface area contributed by atoms with Crippen molar-refractivity contribution in [3.05, 3.63) is 146 Å². The molecule has 0 aromatic heterocycles. The number of amides is 1. The van der Waals surface area contributed by atoms with Crippen LogP contribution >= 0.6 is 15.9 Å². The minimum absolute atomic E-state index is 0.0332. The van der Waals surface area contributed by atoms with Crippen LogP contribution in [0.25, 0.3) is 10.4 Å². The van der Waals surface area contributed by atoms with E-state index in [1.165, 1.54) is 6.07 Å². The van der Waals surface area contributed by atoms with E-state index < -0.39 is 23.4 Å². The predicted octanol–water partition coefficient (Wildman–Crippen LogP) is 6.48. The smallest absolute Gasteiger partial charge is 0.266 e. The molecule has 46 heavy (non-hydrogen) atoms. The number of aliphatic hydroxyl groups is 1. The predicted molar refractivity (Wildman–Crippen MR) is 175 cm³/mol. The monoisotopic (exact) mass is 686 g/mol. The van der Waals surface area contributed by atoms with Gasteiger partial charge < -0.3 is 14.6 Å². The zero-order chi connectivity index (χ0) is 32.4. The third-order valence-corrected chi connectivity index (χ3v) is 8.05. The number of ether oxygens (including phenoxy) is 2. The lowest BCUT2D eigenvalue weighted by Crippen LogP contribution is -2.53. The molecule has 0 saturated carbocycles. The molecule has 1 aliphatic heterocycles. The molecule has 1 amide bonds. The number of azide groups is 1. The molecule has 3 N–H and O–H groups in total. The van der Waals surface area contributed by atoms with Gasteiger partial charge in [-0.05, 0) is 64.7 Å². The van der Waals surface area contributed by atoms with E-state index >= 15 is 0 Å². The van der Waals surface area contributed by atoms with Crippen LogP contribution in [0.5, 0.6) is 5.75 Å². The Morgan fingerprint density at radius 2 is 1.72 bits per heavy atom. The zero-order valence-electron chi connectivity index (χ0n) is 24.8. The second kappa shape index (κ2) is 15.5. The molecule has 236 valence electrons. The largest absolute Gasteiger partial charge is 0.494 e. The highest BCUT2D eigenvalue weighted by Crippen LogP contribution is 2.43. The van der Waals surface area contributed by atoms with Gasteiger partial charge in [0.15, 0.2) is 11.6 Å². The van der Waals surface area contributed by atoms with Gasteiger partial charge in [-0.2, -0.15) is 0 Å². The molecular weight excluding hydrogens is 655 g/mol. The highest BCUT2D eigenvalue weighted by molar-refractivity contribution is 9.10. The van der Waals surface area contributed by atoms with Gasteiger partial charge in [-0.25, -0.2) is 14.8 Å². The van der Waals surface area contributed by atoms with Crippen molar-refractivity contribution in [2.45, 2.75) is 37.6 Å². The van der Waals surface area contributed by atoms with Crippen molar-refractivity contribution in [1.29, 1.82) is 0 Å². The van der Waals surface area contributed by atoms with Gasteiger partial charge >= 0.3 is 0 Å². The number of hydrogen-bond acceptors (Lipinski definition) is 7. The van der Waals surface area contributed by atoms with Crippen LogP contribution in [-0.4, -0.2) is 35.7 Å². The first kappa shape index (κ1) is 32.6. The normalized spacial score (nSPS) is 17.0. The van der Waals surface area contributed by atoms with Crippen molar-refractivity contribution in [1.82, 2.24) is 10.9 Å². The summed E-state index contributed by atoms with van der Waals surface area (Å²) in [5, 5.41) is 12.8. The molecular formula is C34H32BrFN6O4. The minimum Gasteiger partial charge on any atom is -0.494 e. The molecule has 4 aromatic carbocycles. The maximum Gasteiger partial charge on any atom is 0.266 e. The summed E-state index contributed by atoms with van der Waals surface area (Å²) < 4.78 is 27.4. The van der Waals surface area contributed by atoms with E-state index in [0.29, 0.717) is 35.5 Å². The first-order valence-corrected chi connectivity index (χ1v) is 15.4. The summed E-state index contributed by atoms with van der Waals surface area (Å²) in [5.41, 5.74) is 16.3.